The van der Waals surface area contributed by atoms with E-state index in [1.807, 2.05) is 0 Å². The molecule has 0 aliphatic carbocycles. The summed E-state index contributed by atoms with van der Waals surface area (Å²) in [7, 11) is 0. The summed E-state index contributed by atoms with van der Waals surface area (Å²) in [5, 5.41) is 19.9. The van der Waals surface area contributed by atoms with Crippen LogP contribution >= 0.6 is 0 Å². The minimum Gasteiger partial charge on any atom is -0.507 e. The van der Waals surface area contributed by atoms with Crippen molar-refractivity contribution in [2.75, 3.05) is 0 Å². The van der Waals surface area contributed by atoms with Crippen molar-refractivity contribution in [3.63, 3.8) is 0 Å². The number of hydrogen-bond acceptors (Lipinski definition) is 3. The van der Waals surface area contributed by atoms with Crippen LogP contribution in [0.25, 0.3) is 0 Å². The predicted molar refractivity (Wildman–Crippen MR) is 95.0 cm³/mol. The number of nitrogens with zero attached hydrogens (tertiary/aromatic N) is 1. The molecule has 3 nitrogen and oxygen atoms in total. The Morgan fingerprint density at radius 3 is 1.68 bits per heavy atom. The summed E-state index contributed by atoms with van der Waals surface area (Å²) in [4.78, 5) is 0. The van der Waals surface area contributed by atoms with Crippen molar-refractivity contribution >= 4 is 6.21 Å². The summed E-state index contributed by atoms with van der Waals surface area (Å²) in [6.07, 6.45) is 15.6. The van der Waals surface area contributed by atoms with E-state index >= 15 is 0 Å². The molecule has 0 saturated carbocycles. The number of oxime groups is 1. The number of benzene rings is 1. The van der Waals surface area contributed by atoms with Crippen LogP contribution in [0.5, 0.6) is 5.75 Å². The van der Waals surface area contributed by atoms with Crippen LogP contribution in [0, 0.1) is 0 Å². The van der Waals surface area contributed by atoms with Gasteiger partial charge in [0.15, 0.2) is 0 Å². The molecule has 0 saturated heterocycles. The van der Waals surface area contributed by atoms with Gasteiger partial charge in [0.1, 0.15) is 5.75 Å². The van der Waals surface area contributed by atoms with Gasteiger partial charge in [0.25, 0.3) is 0 Å². The molecule has 0 amide bonds. The number of aromatic hydroxyl groups is 1. The van der Waals surface area contributed by atoms with Crippen LogP contribution in [0.15, 0.2) is 29.4 Å². The first-order valence-electron chi connectivity index (χ1n) is 8.71. The van der Waals surface area contributed by atoms with E-state index in [1.165, 1.54) is 76.5 Å². The summed E-state index contributed by atoms with van der Waals surface area (Å²) in [5.74, 6) is 0.111. The van der Waals surface area contributed by atoms with E-state index in [4.69, 9.17) is 10.3 Å². The molecule has 126 valence electrons. The van der Waals surface area contributed by atoms with Gasteiger partial charge in [-0.15, -0.1) is 0 Å². The highest BCUT2D eigenvalue weighted by atomic mass is 16.4. The quantitative estimate of drug-likeness (QED) is 0.236. The third-order valence-electron chi connectivity index (χ3n) is 3.59. The van der Waals surface area contributed by atoms with E-state index < -0.39 is 0 Å². The van der Waals surface area contributed by atoms with Gasteiger partial charge in [-0.05, 0) is 12.1 Å². The summed E-state index contributed by atoms with van der Waals surface area (Å²) >= 11 is 0. The highest BCUT2D eigenvalue weighted by Crippen LogP contribution is 2.12. The molecule has 0 atom stereocenters. The molecular formula is C19H33NO2. The van der Waals surface area contributed by atoms with Crippen molar-refractivity contribution in [1.82, 2.24) is 0 Å². The van der Waals surface area contributed by atoms with Crippen LogP contribution in [0.1, 0.15) is 83.6 Å². The number of phenols is 1. The second kappa shape index (κ2) is 15.9. The molecule has 0 aliphatic heterocycles. The fourth-order valence-corrected chi connectivity index (χ4v) is 2.22. The smallest absolute Gasteiger partial charge is 0.124 e. The second-order valence-corrected chi connectivity index (χ2v) is 5.63. The topological polar surface area (TPSA) is 52.8 Å². The van der Waals surface area contributed by atoms with Gasteiger partial charge in [0.2, 0.25) is 0 Å². The van der Waals surface area contributed by atoms with E-state index in [0.29, 0.717) is 5.56 Å². The van der Waals surface area contributed by atoms with Crippen LogP contribution in [-0.2, 0) is 0 Å². The van der Waals surface area contributed by atoms with E-state index in [9.17, 15) is 0 Å². The highest BCUT2D eigenvalue weighted by molar-refractivity contribution is 5.82. The lowest BCUT2D eigenvalue weighted by atomic mass is 10.1. The Labute approximate surface area is 136 Å². The number of unbranched alkanes of at least 4 members (excludes halogenated alkanes) is 9. The standard InChI is InChI=1S/C12H26.C7H7NO2/c1-3-5-7-9-11-12-10-8-6-4-2;9-7-4-2-1-3-6(7)5-8-10/h3-12H2,1-2H3;1-5,9-10H. The van der Waals surface area contributed by atoms with Gasteiger partial charge >= 0.3 is 0 Å². The third-order valence-corrected chi connectivity index (χ3v) is 3.59. The first-order chi connectivity index (χ1) is 10.8. The largest absolute Gasteiger partial charge is 0.507 e. The maximum atomic E-state index is 9.04. The van der Waals surface area contributed by atoms with Crippen LogP contribution < -0.4 is 0 Å². The van der Waals surface area contributed by atoms with E-state index in [0.717, 1.165) is 0 Å². The molecule has 0 spiro atoms. The van der Waals surface area contributed by atoms with Crippen molar-refractivity contribution in [3.05, 3.63) is 29.8 Å². The highest BCUT2D eigenvalue weighted by Gasteiger charge is 1.93. The fraction of sp³-hybridized carbons (Fsp3) is 0.632. The van der Waals surface area contributed by atoms with Crippen LogP contribution in [0.4, 0.5) is 0 Å². The summed E-state index contributed by atoms with van der Waals surface area (Å²) in [6.45, 7) is 4.56. The Bertz CT molecular complexity index is 367. The van der Waals surface area contributed by atoms with E-state index in [-0.39, 0.29) is 5.75 Å². The lowest BCUT2D eigenvalue weighted by molar-refractivity contribution is 0.321. The zero-order valence-corrected chi connectivity index (χ0v) is 14.3. The molecule has 0 unspecified atom stereocenters. The molecule has 22 heavy (non-hydrogen) atoms. The zero-order chi connectivity index (χ0) is 16.5. The predicted octanol–water partition coefficient (Wildman–Crippen LogP) is 6.13. The third kappa shape index (κ3) is 12.2. The van der Waals surface area contributed by atoms with Crippen molar-refractivity contribution < 1.29 is 10.3 Å². The number of hydrogen-bond donors (Lipinski definition) is 2. The maximum absolute atomic E-state index is 9.04. The minimum absolute atomic E-state index is 0.111. The van der Waals surface area contributed by atoms with Crippen molar-refractivity contribution in [3.8, 4) is 5.75 Å². The SMILES string of the molecule is CCCCCCCCCCCC.ON=Cc1ccccc1O. The summed E-state index contributed by atoms with van der Waals surface area (Å²) in [6, 6.07) is 6.62. The lowest BCUT2D eigenvalue weighted by Gasteiger charge is -1.99. The van der Waals surface area contributed by atoms with Crippen molar-refractivity contribution in [1.29, 1.82) is 0 Å². The average molecular weight is 307 g/mol. The van der Waals surface area contributed by atoms with Gasteiger partial charge in [-0.25, -0.2) is 0 Å². The molecule has 0 heterocycles. The minimum atomic E-state index is 0.111. The van der Waals surface area contributed by atoms with Gasteiger partial charge in [-0.1, -0.05) is 95.3 Å². The lowest BCUT2D eigenvalue weighted by Crippen LogP contribution is -1.80. The van der Waals surface area contributed by atoms with E-state index in [2.05, 4.69) is 19.0 Å². The molecule has 0 bridgehead atoms. The zero-order valence-electron chi connectivity index (χ0n) is 14.3. The van der Waals surface area contributed by atoms with Gasteiger partial charge in [0, 0.05) is 5.56 Å². The molecule has 1 rings (SSSR count). The molecule has 0 aromatic heterocycles. The molecule has 1 aromatic carbocycles. The fourth-order valence-electron chi connectivity index (χ4n) is 2.22. The van der Waals surface area contributed by atoms with Crippen molar-refractivity contribution in [2.24, 2.45) is 5.16 Å². The average Bonchev–Trinajstić information content (AvgIpc) is 2.53. The molecule has 0 fully saturated rings. The first kappa shape index (κ1) is 20.5. The van der Waals surface area contributed by atoms with Gasteiger partial charge in [-0.2, -0.15) is 0 Å². The van der Waals surface area contributed by atoms with Gasteiger partial charge in [-0.3, -0.25) is 0 Å². The summed E-state index contributed by atoms with van der Waals surface area (Å²) in [5.41, 5.74) is 0.505. The molecule has 0 radical (unpaired) electrons. The Balaban J connectivity index is 0.000000406. The maximum Gasteiger partial charge on any atom is 0.124 e. The number of rotatable bonds is 10. The number of phenolic OH excluding ortho intramolecular Hbond substituents is 1. The normalized spacial score (nSPS) is 10.5. The Morgan fingerprint density at radius 1 is 0.818 bits per heavy atom. The molecule has 0 aliphatic rings. The Hall–Kier alpha value is -1.51. The molecule has 1 aromatic rings. The van der Waals surface area contributed by atoms with Crippen LogP contribution in [0.2, 0.25) is 0 Å². The molecule has 2 N–H and O–H groups in total. The second-order valence-electron chi connectivity index (χ2n) is 5.63. The number of para-hydroxylation sites is 1. The van der Waals surface area contributed by atoms with E-state index in [1.54, 1.807) is 18.2 Å². The Kier molecular flexibility index (Phi) is 14.8. The Morgan fingerprint density at radius 2 is 1.27 bits per heavy atom. The molecular weight excluding hydrogens is 274 g/mol. The van der Waals surface area contributed by atoms with Gasteiger partial charge < -0.3 is 10.3 Å². The van der Waals surface area contributed by atoms with Crippen molar-refractivity contribution in [2.45, 2.75) is 78.1 Å². The summed E-state index contributed by atoms with van der Waals surface area (Å²) < 4.78 is 0. The van der Waals surface area contributed by atoms with Gasteiger partial charge in [0.05, 0.1) is 6.21 Å². The van der Waals surface area contributed by atoms with Crippen LogP contribution in [-0.4, -0.2) is 16.5 Å². The molecule has 3 heteroatoms. The first-order valence-corrected chi connectivity index (χ1v) is 8.71. The monoisotopic (exact) mass is 307 g/mol. The van der Waals surface area contributed by atoms with Crippen LogP contribution in [0.3, 0.4) is 0 Å².